The van der Waals surface area contributed by atoms with Crippen LogP contribution in [0, 0.1) is 19.8 Å². The van der Waals surface area contributed by atoms with Gasteiger partial charge in [-0.15, -0.1) is 0 Å². The number of aryl methyl sites for hydroxylation is 2. The van der Waals surface area contributed by atoms with Gasteiger partial charge in [0.05, 0.1) is 18.5 Å². The van der Waals surface area contributed by atoms with Gasteiger partial charge < -0.3 is 10.2 Å². The average Bonchev–Trinajstić information content (AvgIpc) is 2.77. The number of carbonyl (C=O) groups is 1. The van der Waals surface area contributed by atoms with Gasteiger partial charge in [0, 0.05) is 12.1 Å². The van der Waals surface area contributed by atoms with Crippen molar-refractivity contribution in [2.45, 2.75) is 46.6 Å². The van der Waals surface area contributed by atoms with Crippen LogP contribution in [0.3, 0.4) is 0 Å². The van der Waals surface area contributed by atoms with Crippen LogP contribution in [-0.4, -0.2) is 51.7 Å². The number of nitrogens with zero attached hydrogens (tertiary/aromatic N) is 2. The maximum absolute atomic E-state index is 12.6. The standard InChI is InChI=1S/C26H37N3O3S/c1-20-13-17-28(18-14-20)16-6-15-27-26(30)24-11-9-23(10-12-24)19-29(33(4,31)32)25-21(2)7-5-8-22(25)3/h5,7-12,20H,6,13-19H2,1-4H3,(H,27,30). The zero-order valence-electron chi connectivity index (χ0n) is 20.3. The molecule has 0 atom stereocenters. The monoisotopic (exact) mass is 471 g/mol. The molecule has 0 unspecified atom stereocenters. The minimum atomic E-state index is -3.47. The summed E-state index contributed by atoms with van der Waals surface area (Å²) in [7, 11) is -3.47. The Balaban J connectivity index is 1.56. The molecule has 1 amide bonds. The van der Waals surface area contributed by atoms with Crippen LogP contribution in [0.2, 0.25) is 0 Å². The van der Waals surface area contributed by atoms with E-state index >= 15 is 0 Å². The molecule has 1 fully saturated rings. The number of benzene rings is 2. The minimum Gasteiger partial charge on any atom is -0.352 e. The molecule has 2 aromatic carbocycles. The Hall–Kier alpha value is -2.38. The molecule has 7 heteroatoms. The largest absolute Gasteiger partial charge is 0.352 e. The lowest BCUT2D eigenvalue weighted by Crippen LogP contribution is -2.35. The minimum absolute atomic E-state index is 0.0940. The number of likely N-dealkylation sites (tertiary alicyclic amines) is 1. The van der Waals surface area contributed by atoms with Crippen LogP contribution in [0.5, 0.6) is 0 Å². The van der Waals surface area contributed by atoms with Crippen LogP contribution < -0.4 is 9.62 Å². The zero-order valence-corrected chi connectivity index (χ0v) is 21.1. The first-order chi connectivity index (χ1) is 15.6. The van der Waals surface area contributed by atoms with Crippen molar-refractivity contribution in [3.63, 3.8) is 0 Å². The summed E-state index contributed by atoms with van der Waals surface area (Å²) >= 11 is 0. The molecule has 2 aromatic rings. The molecule has 6 nitrogen and oxygen atoms in total. The topological polar surface area (TPSA) is 69.7 Å². The second-order valence-electron chi connectivity index (χ2n) is 9.34. The summed E-state index contributed by atoms with van der Waals surface area (Å²) in [6.07, 6.45) is 4.69. The van der Waals surface area contributed by atoms with Crippen molar-refractivity contribution in [3.05, 3.63) is 64.7 Å². The van der Waals surface area contributed by atoms with Gasteiger partial charge in [0.2, 0.25) is 10.0 Å². The van der Waals surface area contributed by atoms with Crippen molar-refractivity contribution < 1.29 is 13.2 Å². The second kappa shape index (κ2) is 11.2. The Morgan fingerprint density at radius 2 is 1.67 bits per heavy atom. The van der Waals surface area contributed by atoms with Crippen molar-refractivity contribution in [1.82, 2.24) is 10.2 Å². The summed E-state index contributed by atoms with van der Waals surface area (Å²) in [5.41, 5.74) is 3.96. The van der Waals surface area contributed by atoms with Gasteiger partial charge in [-0.25, -0.2) is 8.42 Å². The van der Waals surface area contributed by atoms with Gasteiger partial charge in [-0.3, -0.25) is 9.10 Å². The number of nitrogens with one attached hydrogen (secondary N) is 1. The fraction of sp³-hybridized carbons (Fsp3) is 0.500. The van der Waals surface area contributed by atoms with Gasteiger partial charge in [0.15, 0.2) is 0 Å². The highest BCUT2D eigenvalue weighted by atomic mass is 32.2. The fourth-order valence-corrected chi connectivity index (χ4v) is 5.38. The molecule has 1 saturated heterocycles. The lowest BCUT2D eigenvalue weighted by atomic mass is 9.99. The molecule has 180 valence electrons. The van der Waals surface area contributed by atoms with Crippen LogP contribution in [-0.2, 0) is 16.6 Å². The quantitative estimate of drug-likeness (QED) is 0.559. The van der Waals surface area contributed by atoms with Crippen molar-refractivity contribution in [3.8, 4) is 0 Å². The Bertz CT molecular complexity index is 1020. The van der Waals surface area contributed by atoms with Crippen LogP contribution >= 0.6 is 0 Å². The highest BCUT2D eigenvalue weighted by molar-refractivity contribution is 7.92. The molecule has 0 saturated carbocycles. The SMILES string of the molecule is Cc1cccc(C)c1N(Cc1ccc(C(=O)NCCCN2CCC(C)CC2)cc1)S(C)(=O)=O. The first kappa shape index (κ1) is 25.2. The fourth-order valence-electron chi connectivity index (χ4n) is 4.38. The average molecular weight is 472 g/mol. The summed E-state index contributed by atoms with van der Waals surface area (Å²) in [6, 6.07) is 12.9. The summed E-state index contributed by atoms with van der Waals surface area (Å²) in [5.74, 6) is 0.734. The molecule has 1 heterocycles. The van der Waals surface area contributed by atoms with Crippen LogP contribution in [0.25, 0.3) is 0 Å². The Kier molecular flexibility index (Phi) is 8.54. The molecule has 33 heavy (non-hydrogen) atoms. The third-order valence-electron chi connectivity index (χ3n) is 6.44. The van der Waals surface area contributed by atoms with E-state index in [1.165, 1.54) is 23.4 Å². The third kappa shape index (κ3) is 7.05. The number of hydrogen-bond donors (Lipinski definition) is 1. The number of piperidine rings is 1. The Labute approximate surface area is 199 Å². The smallest absolute Gasteiger partial charge is 0.251 e. The molecule has 3 rings (SSSR count). The molecule has 1 aliphatic rings. The lowest BCUT2D eigenvalue weighted by Gasteiger charge is -2.30. The predicted octanol–water partition coefficient (Wildman–Crippen LogP) is 4.12. The number of amides is 1. The summed E-state index contributed by atoms with van der Waals surface area (Å²) in [4.78, 5) is 15.0. The van der Waals surface area contributed by atoms with Crippen molar-refractivity contribution in [1.29, 1.82) is 0 Å². The maximum Gasteiger partial charge on any atom is 0.251 e. The molecule has 0 radical (unpaired) electrons. The molecular weight excluding hydrogens is 434 g/mol. The van der Waals surface area contributed by atoms with E-state index < -0.39 is 10.0 Å². The van der Waals surface area contributed by atoms with E-state index in [1.54, 1.807) is 12.1 Å². The normalized spacial score (nSPS) is 15.4. The summed E-state index contributed by atoms with van der Waals surface area (Å²) in [6.45, 7) is 10.4. The van der Waals surface area contributed by atoms with E-state index in [0.29, 0.717) is 17.8 Å². The van der Waals surface area contributed by atoms with Gasteiger partial charge >= 0.3 is 0 Å². The van der Waals surface area contributed by atoms with Crippen molar-refractivity contribution in [2.75, 3.05) is 36.7 Å². The van der Waals surface area contributed by atoms with Gasteiger partial charge in [-0.05, 0) is 87.5 Å². The second-order valence-corrected chi connectivity index (χ2v) is 11.2. The van der Waals surface area contributed by atoms with E-state index in [0.717, 1.165) is 48.7 Å². The van der Waals surface area contributed by atoms with Crippen molar-refractivity contribution in [2.24, 2.45) is 5.92 Å². The van der Waals surface area contributed by atoms with Gasteiger partial charge in [0.1, 0.15) is 0 Å². The first-order valence-corrected chi connectivity index (χ1v) is 13.6. The van der Waals surface area contributed by atoms with Crippen LogP contribution in [0.1, 0.15) is 53.2 Å². The van der Waals surface area contributed by atoms with E-state index in [-0.39, 0.29) is 12.5 Å². The number of carbonyl (C=O) groups excluding carboxylic acids is 1. The van der Waals surface area contributed by atoms with Gasteiger partial charge in [-0.1, -0.05) is 37.3 Å². The third-order valence-corrected chi connectivity index (χ3v) is 7.56. The predicted molar refractivity (Wildman–Crippen MR) is 135 cm³/mol. The molecule has 0 aromatic heterocycles. The zero-order chi connectivity index (χ0) is 24.0. The molecule has 0 aliphatic carbocycles. The van der Waals surface area contributed by atoms with E-state index in [2.05, 4.69) is 17.1 Å². The van der Waals surface area contributed by atoms with Crippen molar-refractivity contribution >= 4 is 21.6 Å². The highest BCUT2D eigenvalue weighted by Gasteiger charge is 2.21. The van der Waals surface area contributed by atoms with Gasteiger partial charge in [0.25, 0.3) is 5.91 Å². The molecule has 0 bridgehead atoms. The molecule has 1 aliphatic heterocycles. The molecular formula is C26H37N3O3S. The number of sulfonamides is 1. The summed E-state index contributed by atoms with van der Waals surface area (Å²) in [5, 5.41) is 3.00. The van der Waals surface area contributed by atoms with E-state index in [4.69, 9.17) is 0 Å². The van der Waals surface area contributed by atoms with Crippen LogP contribution in [0.4, 0.5) is 5.69 Å². The van der Waals surface area contributed by atoms with Gasteiger partial charge in [-0.2, -0.15) is 0 Å². The Morgan fingerprint density at radius 3 is 2.24 bits per heavy atom. The molecule has 1 N–H and O–H groups in total. The lowest BCUT2D eigenvalue weighted by molar-refractivity contribution is 0.0950. The first-order valence-electron chi connectivity index (χ1n) is 11.8. The number of rotatable bonds is 9. The number of hydrogen-bond acceptors (Lipinski definition) is 4. The summed E-state index contributed by atoms with van der Waals surface area (Å²) < 4.78 is 26.5. The molecule has 0 spiro atoms. The number of anilines is 1. The Morgan fingerprint density at radius 1 is 1.06 bits per heavy atom. The number of para-hydroxylation sites is 1. The highest BCUT2D eigenvalue weighted by Crippen LogP contribution is 2.28. The van der Waals surface area contributed by atoms with E-state index in [9.17, 15) is 13.2 Å². The van der Waals surface area contributed by atoms with Crippen LogP contribution in [0.15, 0.2) is 42.5 Å². The van der Waals surface area contributed by atoms with E-state index in [1.807, 2.05) is 44.2 Å². The maximum atomic E-state index is 12.6.